The summed E-state index contributed by atoms with van der Waals surface area (Å²) in [7, 11) is 0. The van der Waals surface area contributed by atoms with Gasteiger partial charge in [0.05, 0.1) is 0 Å². The molecule has 4 heteroatoms. The van der Waals surface area contributed by atoms with Crippen molar-refractivity contribution < 1.29 is 19.3 Å². The van der Waals surface area contributed by atoms with Crippen LogP contribution < -0.4 is 0 Å². The monoisotopic (exact) mass is 128 g/mol. The van der Waals surface area contributed by atoms with Crippen molar-refractivity contribution in [3.8, 4) is 0 Å². The number of imide groups is 1. The third kappa shape index (κ3) is 0.768. The summed E-state index contributed by atoms with van der Waals surface area (Å²) in [5.41, 5.74) is 0. The lowest BCUT2D eigenvalue weighted by molar-refractivity contribution is -0.367. The normalized spacial score (nSPS) is 27.7. The minimum absolute atomic E-state index is 0.123. The predicted octanol–water partition coefficient (Wildman–Crippen LogP) is -1.48. The molecule has 1 heterocycles. The van der Waals surface area contributed by atoms with Gasteiger partial charge >= 0.3 is 11.8 Å². The van der Waals surface area contributed by atoms with E-state index < -0.39 is 17.9 Å². The Morgan fingerprint density at radius 1 is 1.67 bits per heavy atom. The fourth-order valence-electron chi connectivity index (χ4n) is 0.666. The van der Waals surface area contributed by atoms with Gasteiger partial charge in [0, 0.05) is 0 Å². The first-order chi connectivity index (χ1) is 4.13. The third-order valence-electron chi connectivity index (χ3n) is 1.22. The quantitative estimate of drug-likeness (QED) is 0.319. The molecule has 0 spiro atoms. The number of carbonyl (C=O) groups excluding carboxylic acids is 2. The van der Waals surface area contributed by atoms with Crippen LogP contribution >= 0.6 is 0 Å². The molecule has 0 saturated carbocycles. The Bertz CT molecular complexity index is 196. The maximum atomic E-state index is 10.5. The van der Waals surface area contributed by atoms with Gasteiger partial charge in [-0.05, 0) is 0 Å². The Balaban J connectivity index is 2.90. The van der Waals surface area contributed by atoms with Crippen LogP contribution in [0.1, 0.15) is 6.42 Å². The SMILES string of the molecule is C=[N+]1C(=O)CC(O)C1=O. The molecule has 48 valence electrons. The Hall–Kier alpha value is -1.03. The van der Waals surface area contributed by atoms with Gasteiger partial charge in [0.1, 0.15) is 13.1 Å². The van der Waals surface area contributed by atoms with Crippen LogP contribution in [0.2, 0.25) is 0 Å². The van der Waals surface area contributed by atoms with E-state index in [1.165, 1.54) is 0 Å². The maximum Gasteiger partial charge on any atom is 0.423 e. The molecule has 1 aliphatic heterocycles. The molecule has 0 aromatic heterocycles. The van der Waals surface area contributed by atoms with Crippen molar-refractivity contribution in [3.05, 3.63) is 0 Å². The Kier molecular flexibility index (Phi) is 1.17. The summed E-state index contributed by atoms with van der Waals surface area (Å²) in [5, 5.41) is 8.69. The van der Waals surface area contributed by atoms with E-state index in [0.717, 1.165) is 0 Å². The first-order valence-corrected chi connectivity index (χ1v) is 2.48. The van der Waals surface area contributed by atoms with Gasteiger partial charge in [0.2, 0.25) is 0 Å². The lowest BCUT2D eigenvalue weighted by atomic mass is 10.3. The van der Waals surface area contributed by atoms with E-state index in [0.29, 0.717) is 4.58 Å². The molecule has 2 amide bonds. The van der Waals surface area contributed by atoms with E-state index in [-0.39, 0.29) is 6.42 Å². The highest BCUT2D eigenvalue weighted by molar-refractivity contribution is 5.94. The van der Waals surface area contributed by atoms with Crippen molar-refractivity contribution in [2.45, 2.75) is 12.5 Å². The van der Waals surface area contributed by atoms with E-state index in [4.69, 9.17) is 5.11 Å². The van der Waals surface area contributed by atoms with Crippen molar-refractivity contribution in [2.75, 3.05) is 0 Å². The zero-order chi connectivity index (χ0) is 7.02. The van der Waals surface area contributed by atoms with Crippen molar-refractivity contribution in [1.82, 2.24) is 0 Å². The third-order valence-corrected chi connectivity index (χ3v) is 1.22. The molecule has 1 N–H and O–H groups in total. The van der Waals surface area contributed by atoms with Crippen molar-refractivity contribution in [1.29, 1.82) is 0 Å². The van der Waals surface area contributed by atoms with Gasteiger partial charge in [-0.25, -0.2) is 9.59 Å². The number of aliphatic hydroxyl groups excluding tert-OH is 1. The van der Waals surface area contributed by atoms with Gasteiger partial charge < -0.3 is 5.11 Å². The van der Waals surface area contributed by atoms with Crippen molar-refractivity contribution in [3.63, 3.8) is 0 Å². The van der Waals surface area contributed by atoms with Crippen LogP contribution in [0.3, 0.4) is 0 Å². The van der Waals surface area contributed by atoms with Gasteiger partial charge in [-0.15, -0.1) is 4.58 Å². The Morgan fingerprint density at radius 3 is 2.33 bits per heavy atom. The van der Waals surface area contributed by atoms with Crippen LogP contribution in [0.5, 0.6) is 0 Å². The van der Waals surface area contributed by atoms with Gasteiger partial charge in [0.15, 0.2) is 6.10 Å². The summed E-state index contributed by atoms with van der Waals surface area (Å²) in [6.45, 7) is 3.12. The highest BCUT2D eigenvalue weighted by Gasteiger charge is 2.42. The molecule has 0 radical (unpaired) electrons. The van der Waals surface area contributed by atoms with E-state index in [2.05, 4.69) is 6.72 Å². The highest BCUT2D eigenvalue weighted by atomic mass is 16.3. The van der Waals surface area contributed by atoms with E-state index in [1.807, 2.05) is 0 Å². The summed E-state index contributed by atoms with van der Waals surface area (Å²) in [6, 6.07) is 0. The molecule has 1 unspecified atom stereocenters. The second-order valence-electron chi connectivity index (χ2n) is 1.88. The average molecular weight is 128 g/mol. The lowest BCUT2D eigenvalue weighted by Gasteiger charge is -1.82. The van der Waals surface area contributed by atoms with Crippen molar-refractivity contribution in [2.24, 2.45) is 0 Å². The van der Waals surface area contributed by atoms with Crippen molar-refractivity contribution >= 4 is 18.5 Å². The molecule has 1 aliphatic rings. The van der Waals surface area contributed by atoms with E-state index in [9.17, 15) is 9.59 Å². The fraction of sp³-hybridized carbons (Fsp3) is 0.400. The molecule has 1 saturated heterocycles. The second kappa shape index (κ2) is 1.73. The molecule has 9 heavy (non-hydrogen) atoms. The van der Waals surface area contributed by atoms with Gasteiger partial charge in [-0.1, -0.05) is 0 Å². The molecule has 4 nitrogen and oxygen atoms in total. The summed E-state index contributed by atoms with van der Waals surface area (Å²) in [5.74, 6) is -1.03. The maximum absolute atomic E-state index is 10.5. The summed E-state index contributed by atoms with van der Waals surface area (Å²) in [6.07, 6.45) is -1.28. The Labute approximate surface area is 51.4 Å². The number of carbonyl (C=O) groups is 2. The summed E-state index contributed by atoms with van der Waals surface area (Å²) >= 11 is 0. The van der Waals surface area contributed by atoms with E-state index in [1.54, 1.807) is 0 Å². The summed E-state index contributed by atoms with van der Waals surface area (Å²) < 4.78 is 0.685. The molecule has 1 rings (SSSR count). The molecule has 0 aromatic rings. The fourth-order valence-corrected chi connectivity index (χ4v) is 0.666. The zero-order valence-electron chi connectivity index (χ0n) is 4.70. The Morgan fingerprint density at radius 2 is 2.22 bits per heavy atom. The van der Waals surface area contributed by atoms with Crippen LogP contribution in [0.15, 0.2) is 0 Å². The molecule has 0 aromatic carbocycles. The molecule has 1 fully saturated rings. The van der Waals surface area contributed by atoms with Crippen LogP contribution in [-0.2, 0) is 9.59 Å². The van der Waals surface area contributed by atoms with Gasteiger partial charge in [0.25, 0.3) is 0 Å². The van der Waals surface area contributed by atoms with Crippen LogP contribution in [0, 0.1) is 0 Å². The number of hydrogen-bond donors (Lipinski definition) is 1. The topological polar surface area (TPSA) is 57.4 Å². The number of aliphatic hydroxyl groups is 1. The van der Waals surface area contributed by atoms with Crippen LogP contribution in [0.4, 0.5) is 0 Å². The van der Waals surface area contributed by atoms with E-state index >= 15 is 0 Å². The average Bonchev–Trinajstić information content (AvgIpc) is 1.98. The first-order valence-electron chi connectivity index (χ1n) is 2.48. The minimum Gasteiger partial charge on any atom is -0.378 e. The largest absolute Gasteiger partial charge is 0.423 e. The number of amides is 2. The highest BCUT2D eigenvalue weighted by Crippen LogP contribution is 2.05. The molecular weight excluding hydrogens is 122 g/mol. The molecule has 0 aliphatic carbocycles. The number of nitrogens with zero attached hydrogens (tertiary/aromatic N) is 1. The van der Waals surface area contributed by atoms with Crippen LogP contribution in [-0.4, -0.2) is 34.3 Å². The van der Waals surface area contributed by atoms with Gasteiger partial charge in [-0.3, -0.25) is 0 Å². The molecule has 1 atom stereocenters. The molecular formula is C5H6NO3+. The van der Waals surface area contributed by atoms with Gasteiger partial charge in [-0.2, -0.15) is 0 Å². The number of rotatable bonds is 0. The zero-order valence-corrected chi connectivity index (χ0v) is 4.70. The smallest absolute Gasteiger partial charge is 0.378 e. The standard InChI is InChI=1S/C5H6NO3/c1-6-4(8)2-3(7)5(6)9/h3,7H,1-2H2/q+1. The second-order valence-corrected chi connectivity index (χ2v) is 1.88. The first kappa shape index (κ1) is 6.10. The molecule has 0 bridgehead atoms. The minimum atomic E-state index is -1.16. The van der Waals surface area contributed by atoms with Crippen LogP contribution in [0.25, 0.3) is 0 Å². The predicted molar refractivity (Wildman–Crippen MR) is 28.0 cm³/mol. The number of hydrogen-bond acceptors (Lipinski definition) is 3. The lowest BCUT2D eigenvalue weighted by Crippen LogP contribution is -2.20. The summed E-state index contributed by atoms with van der Waals surface area (Å²) in [4.78, 5) is 21.0.